The summed E-state index contributed by atoms with van der Waals surface area (Å²) in [6, 6.07) is 8.28. The fourth-order valence-electron chi connectivity index (χ4n) is 3.12. The van der Waals surface area contributed by atoms with E-state index in [1.807, 2.05) is 33.4 Å². The van der Waals surface area contributed by atoms with E-state index in [2.05, 4.69) is 24.1 Å². The van der Waals surface area contributed by atoms with Crippen LogP contribution in [0.15, 0.2) is 29.1 Å². The molecule has 0 amide bonds. The van der Waals surface area contributed by atoms with E-state index in [1.54, 1.807) is 0 Å². The summed E-state index contributed by atoms with van der Waals surface area (Å²) in [7, 11) is 0. The molecule has 1 aliphatic heterocycles. The minimum Gasteiger partial charge on any atom is -0.314 e. The number of benzene rings is 1. The first kappa shape index (κ1) is 14.4. The lowest BCUT2D eigenvalue weighted by Crippen LogP contribution is -2.45. The fourth-order valence-corrected chi connectivity index (χ4v) is 3.12. The third-order valence-electron chi connectivity index (χ3n) is 4.23. The Kier molecular flexibility index (Phi) is 4.12. The van der Waals surface area contributed by atoms with Gasteiger partial charge in [0.2, 0.25) is 0 Å². The molecule has 0 bridgehead atoms. The normalized spacial score (nSPS) is 16.9. The van der Waals surface area contributed by atoms with Gasteiger partial charge in [-0.05, 0) is 26.0 Å². The molecule has 5 nitrogen and oxygen atoms in total. The zero-order chi connectivity index (χ0) is 14.8. The number of nitrogens with zero attached hydrogens (tertiary/aromatic N) is 3. The molecule has 1 fully saturated rings. The highest BCUT2D eigenvalue weighted by Crippen LogP contribution is 2.16. The van der Waals surface area contributed by atoms with Crippen LogP contribution in [-0.2, 0) is 6.54 Å². The third kappa shape index (κ3) is 2.76. The van der Waals surface area contributed by atoms with E-state index in [0.29, 0.717) is 0 Å². The van der Waals surface area contributed by atoms with Crippen LogP contribution >= 0.6 is 0 Å². The van der Waals surface area contributed by atoms with Crippen LogP contribution in [0.5, 0.6) is 0 Å². The van der Waals surface area contributed by atoms with Crippen molar-refractivity contribution in [2.24, 2.45) is 0 Å². The number of imidazole rings is 1. The lowest BCUT2D eigenvalue weighted by Gasteiger charge is -2.27. The summed E-state index contributed by atoms with van der Waals surface area (Å²) in [5.41, 5.74) is 2.20. The summed E-state index contributed by atoms with van der Waals surface area (Å²) >= 11 is 0. The first-order valence-corrected chi connectivity index (χ1v) is 7.81. The Balaban J connectivity index is 1.90. The van der Waals surface area contributed by atoms with Crippen LogP contribution < -0.4 is 11.0 Å². The molecule has 0 aliphatic carbocycles. The van der Waals surface area contributed by atoms with Gasteiger partial charge in [-0.3, -0.25) is 14.0 Å². The zero-order valence-electron chi connectivity index (χ0n) is 12.9. The topological polar surface area (TPSA) is 42.2 Å². The Morgan fingerprint density at radius 3 is 2.43 bits per heavy atom. The smallest absolute Gasteiger partial charge is 0.314 e. The van der Waals surface area contributed by atoms with Gasteiger partial charge in [0.25, 0.3) is 0 Å². The molecule has 2 aromatic rings. The molecular weight excluding hydrogens is 264 g/mol. The summed E-state index contributed by atoms with van der Waals surface area (Å²) in [6.07, 6.45) is 0. The summed E-state index contributed by atoms with van der Waals surface area (Å²) in [5, 5.41) is 3.36. The van der Waals surface area contributed by atoms with Crippen molar-refractivity contribution in [3.05, 3.63) is 34.7 Å². The zero-order valence-corrected chi connectivity index (χ0v) is 12.9. The number of aromatic nitrogens is 2. The molecule has 1 aromatic carbocycles. The number of hydrogen-bond donors (Lipinski definition) is 1. The van der Waals surface area contributed by atoms with Crippen molar-refractivity contribution in [3.63, 3.8) is 0 Å². The summed E-state index contributed by atoms with van der Waals surface area (Å²) in [6.45, 7) is 10.1. The quantitative estimate of drug-likeness (QED) is 0.922. The van der Waals surface area contributed by atoms with Gasteiger partial charge >= 0.3 is 5.69 Å². The molecule has 0 radical (unpaired) electrons. The lowest BCUT2D eigenvalue weighted by atomic mass is 10.3. The van der Waals surface area contributed by atoms with E-state index in [9.17, 15) is 4.79 Å². The van der Waals surface area contributed by atoms with E-state index >= 15 is 0 Å². The van der Waals surface area contributed by atoms with E-state index in [4.69, 9.17) is 0 Å². The molecule has 114 valence electrons. The third-order valence-corrected chi connectivity index (χ3v) is 4.23. The van der Waals surface area contributed by atoms with Crippen LogP contribution in [0.25, 0.3) is 11.0 Å². The Morgan fingerprint density at radius 1 is 1.10 bits per heavy atom. The van der Waals surface area contributed by atoms with Crippen LogP contribution in [0.4, 0.5) is 0 Å². The lowest BCUT2D eigenvalue weighted by molar-refractivity contribution is 0.232. The monoisotopic (exact) mass is 288 g/mol. The van der Waals surface area contributed by atoms with Crippen LogP contribution in [0.1, 0.15) is 19.9 Å². The van der Waals surface area contributed by atoms with E-state index in [-0.39, 0.29) is 11.7 Å². The maximum absolute atomic E-state index is 12.7. The van der Waals surface area contributed by atoms with Gasteiger partial charge in [-0.25, -0.2) is 4.79 Å². The maximum atomic E-state index is 12.7. The maximum Gasteiger partial charge on any atom is 0.329 e. The van der Waals surface area contributed by atoms with Gasteiger partial charge in [-0.1, -0.05) is 12.1 Å². The second kappa shape index (κ2) is 6.03. The molecule has 1 N–H and O–H groups in total. The minimum absolute atomic E-state index is 0.112. The highest BCUT2D eigenvalue weighted by molar-refractivity contribution is 5.76. The number of para-hydroxylation sites is 2. The SMILES string of the molecule is CC(C)n1c(=O)n(CCN2CCNCC2)c2ccccc21. The van der Waals surface area contributed by atoms with E-state index < -0.39 is 0 Å². The van der Waals surface area contributed by atoms with Crippen molar-refractivity contribution in [2.45, 2.75) is 26.4 Å². The highest BCUT2D eigenvalue weighted by atomic mass is 16.1. The number of fused-ring (bicyclic) bond motifs is 1. The molecule has 0 unspecified atom stereocenters. The van der Waals surface area contributed by atoms with Crippen LogP contribution in [0.3, 0.4) is 0 Å². The molecule has 2 heterocycles. The molecular formula is C16H24N4O. The minimum atomic E-state index is 0.112. The first-order chi connectivity index (χ1) is 10.2. The Bertz CT molecular complexity index is 664. The predicted molar refractivity (Wildman–Crippen MR) is 85.9 cm³/mol. The molecule has 3 rings (SSSR count). The molecule has 0 atom stereocenters. The Labute approximate surface area is 125 Å². The Hall–Kier alpha value is -1.59. The molecule has 0 saturated carbocycles. The van der Waals surface area contributed by atoms with Crippen molar-refractivity contribution >= 4 is 11.0 Å². The van der Waals surface area contributed by atoms with Gasteiger partial charge in [0.05, 0.1) is 11.0 Å². The summed E-state index contributed by atoms with van der Waals surface area (Å²) in [4.78, 5) is 15.1. The molecule has 5 heteroatoms. The average molecular weight is 288 g/mol. The number of nitrogens with one attached hydrogen (secondary N) is 1. The van der Waals surface area contributed by atoms with Crippen molar-refractivity contribution < 1.29 is 0 Å². The predicted octanol–water partition coefficient (Wildman–Crippen LogP) is 1.29. The summed E-state index contributed by atoms with van der Waals surface area (Å²) < 4.78 is 3.82. The molecule has 21 heavy (non-hydrogen) atoms. The van der Waals surface area contributed by atoms with Crippen LogP contribution in [-0.4, -0.2) is 46.8 Å². The number of rotatable bonds is 4. The van der Waals surface area contributed by atoms with Gasteiger partial charge in [0, 0.05) is 45.3 Å². The average Bonchev–Trinajstić information content (AvgIpc) is 2.78. The van der Waals surface area contributed by atoms with Gasteiger partial charge in [-0.2, -0.15) is 0 Å². The van der Waals surface area contributed by atoms with Gasteiger partial charge in [0.1, 0.15) is 0 Å². The van der Waals surface area contributed by atoms with Gasteiger partial charge in [0.15, 0.2) is 0 Å². The van der Waals surface area contributed by atoms with E-state index in [0.717, 1.165) is 50.3 Å². The summed E-state index contributed by atoms with van der Waals surface area (Å²) in [5.74, 6) is 0. The molecule has 1 saturated heterocycles. The number of piperazine rings is 1. The van der Waals surface area contributed by atoms with Gasteiger partial charge in [-0.15, -0.1) is 0 Å². The fraction of sp³-hybridized carbons (Fsp3) is 0.562. The second-order valence-corrected chi connectivity index (χ2v) is 5.98. The second-order valence-electron chi connectivity index (χ2n) is 5.98. The Morgan fingerprint density at radius 2 is 1.76 bits per heavy atom. The van der Waals surface area contributed by atoms with Crippen molar-refractivity contribution in [1.82, 2.24) is 19.4 Å². The molecule has 1 aromatic heterocycles. The van der Waals surface area contributed by atoms with Crippen molar-refractivity contribution in [1.29, 1.82) is 0 Å². The van der Waals surface area contributed by atoms with Crippen molar-refractivity contribution in [2.75, 3.05) is 32.7 Å². The highest BCUT2D eigenvalue weighted by Gasteiger charge is 2.16. The molecule has 0 spiro atoms. The van der Waals surface area contributed by atoms with Crippen LogP contribution in [0, 0.1) is 0 Å². The first-order valence-electron chi connectivity index (χ1n) is 7.81. The van der Waals surface area contributed by atoms with Crippen LogP contribution in [0.2, 0.25) is 0 Å². The van der Waals surface area contributed by atoms with Gasteiger partial charge < -0.3 is 5.32 Å². The van der Waals surface area contributed by atoms with Crippen molar-refractivity contribution in [3.8, 4) is 0 Å². The molecule has 1 aliphatic rings. The largest absolute Gasteiger partial charge is 0.329 e. The standard InChI is InChI=1S/C16H24N4O/c1-13(2)20-15-6-4-3-5-14(15)19(16(20)21)12-11-18-9-7-17-8-10-18/h3-6,13,17H,7-12H2,1-2H3. The van der Waals surface area contributed by atoms with E-state index in [1.165, 1.54) is 0 Å². The number of hydrogen-bond acceptors (Lipinski definition) is 3.